The van der Waals surface area contributed by atoms with E-state index in [1.807, 2.05) is 66.2 Å². The van der Waals surface area contributed by atoms with E-state index in [1.54, 1.807) is 13.4 Å². The van der Waals surface area contributed by atoms with E-state index in [2.05, 4.69) is 21.1 Å². The molecule has 0 saturated carbocycles. The Labute approximate surface area is 243 Å². The summed E-state index contributed by atoms with van der Waals surface area (Å²) in [7, 11) is 1.65. The molecule has 2 aliphatic heterocycles. The number of halogens is 2. The van der Waals surface area contributed by atoms with Crippen LogP contribution in [0.5, 0.6) is 5.75 Å². The van der Waals surface area contributed by atoms with Crippen LogP contribution in [0.2, 0.25) is 0 Å². The number of rotatable bonds is 8. The maximum Gasteiger partial charge on any atom is 0.175 e. The van der Waals surface area contributed by atoms with Gasteiger partial charge in [-0.3, -0.25) is 0 Å². The van der Waals surface area contributed by atoms with Crippen LogP contribution in [0.4, 0.5) is 8.78 Å². The first-order valence-electron chi connectivity index (χ1n) is 14.0. The van der Waals surface area contributed by atoms with Gasteiger partial charge >= 0.3 is 0 Å². The Morgan fingerprint density at radius 2 is 1.86 bits per heavy atom. The first kappa shape index (κ1) is 27.7. The quantitative estimate of drug-likeness (QED) is 0.238. The van der Waals surface area contributed by atoms with E-state index < -0.39 is 17.7 Å². The third kappa shape index (κ3) is 5.92. The number of imidazole rings is 1. The second kappa shape index (κ2) is 12.2. The lowest BCUT2D eigenvalue weighted by molar-refractivity contribution is -0.0556. The number of methoxy groups -OCH3 is 1. The molecule has 0 bridgehead atoms. The van der Waals surface area contributed by atoms with Gasteiger partial charge in [0.2, 0.25) is 0 Å². The molecule has 6 rings (SSSR count). The maximum atomic E-state index is 14.2. The smallest absolute Gasteiger partial charge is 0.175 e. The normalized spacial score (nSPS) is 19.3. The van der Waals surface area contributed by atoms with E-state index in [1.165, 1.54) is 12.1 Å². The second-order valence-electron chi connectivity index (χ2n) is 10.5. The highest BCUT2D eigenvalue weighted by atomic mass is 19.1. The topological polar surface area (TPSA) is 61.1 Å². The van der Waals surface area contributed by atoms with Gasteiger partial charge in [-0.15, -0.1) is 0 Å². The van der Waals surface area contributed by atoms with Crippen molar-refractivity contribution in [1.29, 1.82) is 0 Å². The molecule has 2 atom stereocenters. The van der Waals surface area contributed by atoms with Crippen LogP contribution in [0.15, 0.2) is 90.0 Å². The van der Waals surface area contributed by atoms with Crippen molar-refractivity contribution in [2.75, 3.05) is 20.3 Å². The number of benzene rings is 3. The number of oxime groups is 1. The first-order chi connectivity index (χ1) is 20.5. The molecule has 0 radical (unpaired) electrons. The average Bonchev–Trinajstić information content (AvgIpc) is 3.43. The summed E-state index contributed by atoms with van der Waals surface area (Å²) in [4.78, 5) is 12.5. The number of aryl methyl sites for hydroxylation is 1. The molecule has 1 saturated heterocycles. The fourth-order valence-corrected chi connectivity index (χ4v) is 5.58. The number of piperidine rings is 1. The van der Waals surface area contributed by atoms with E-state index in [9.17, 15) is 8.78 Å². The van der Waals surface area contributed by atoms with Crippen LogP contribution in [0.25, 0.3) is 11.8 Å². The Morgan fingerprint density at radius 1 is 1.05 bits per heavy atom. The van der Waals surface area contributed by atoms with Crippen LogP contribution < -0.4 is 4.74 Å². The highest BCUT2D eigenvalue weighted by molar-refractivity contribution is 6.03. The van der Waals surface area contributed by atoms with Gasteiger partial charge in [0, 0.05) is 24.4 Å². The van der Waals surface area contributed by atoms with Gasteiger partial charge < -0.3 is 23.8 Å². The van der Waals surface area contributed by atoms with Crippen LogP contribution in [0.1, 0.15) is 41.3 Å². The van der Waals surface area contributed by atoms with E-state index in [0.29, 0.717) is 18.0 Å². The number of hydrogen-bond acceptors (Lipinski definition) is 6. The Balaban J connectivity index is 1.30. The molecule has 0 amide bonds. The minimum atomic E-state index is -0.702. The molecule has 216 valence electrons. The fourth-order valence-electron chi connectivity index (χ4n) is 5.58. The summed E-state index contributed by atoms with van der Waals surface area (Å²) in [5, 5.41) is 4.50. The van der Waals surface area contributed by atoms with Crippen LogP contribution in [0.3, 0.4) is 0 Å². The number of hydrogen-bond donors (Lipinski definition) is 0. The molecule has 0 spiro atoms. The monoisotopic (exact) mass is 570 g/mol. The molecule has 1 aromatic heterocycles. The molecule has 0 aliphatic carbocycles. The van der Waals surface area contributed by atoms with Gasteiger partial charge in [-0.2, -0.15) is 0 Å². The highest BCUT2D eigenvalue weighted by Crippen LogP contribution is 2.36. The molecule has 2 aliphatic rings. The Morgan fingerprint density at radius 3 is 2.60 bits per heavy atom. The van der Waals surface area contributed by atoms with Crippen molar-refractivity contribution in [1.82, 2.24) is 14.5 Å². The molecule has 42 heavy (non-hydrogen) atoms. The third-order valence-electron chi connectivity index (χ3n) is 7.56. The fraction of sp³-hybridized carbons (Fsp3) is 0.273. The molecule has 0 N–H and O–H groups in total. The standard InChI is InChI=1S/C33H32F2N4O3/c1-22-18-38(21-36-22)29-11-10-24(14-31(29)40-2)13-25-9-6-12-39-30(20-41-19-23-7-4-3-5-8-23)32(42-37-33(25)39)26-15-27(34)17-28(35)16-26/h3-5,7-8,10-11,13-18,21,30,32H,6,9,12,19-20H2,1-2H3/b25-13+/t30-,32+/m1/s1. The van der Waals surface area contributed by atoms with Gasteiger partial charge in [0.25, 0.3) is 0 Å². The summed E-state index contributed by atoms with van der Waals surface area (Å²) in [6, 6.07) is 19.0. The molecular weight excluding hydrogens is 538 g/mol. The van der Waals surface area contributed by atoms with Crippen molar-refractivity contribution in [3.8, 4) is 11.4 Å². The van der Waals surface area contributed by atoms with E-state index in [-0.39, 0.29) is 12.6 Å². The lowest BCUT2D eigenvalue weighted by Gasteiger charge is -2.43. The number of aromatic nitrogens is 2. The molecule has 3 heterocycles. The van der Waals surface area contributed by atoms with Crippen molar-refractivity contribution >= 4 is 11.9 Å². The third-order valence-corrected chi connectivity index (χ3v) is 7.56. The van der Waals surface area contributed by atoms with Crippen molar-refractivity contribution in [2.45, 2.75) is 38.5 Å². The summed E-state index contributed by atoms with van der Waals surface area (Å²) in [6.45, 7) is 3.36. The van der Waals surface area contributed by atoms with E-state index in [0.717, 1.165) is 59.3 Å². The lowest BCUT2D eigenvalue weighted by Crippen LogP contribution is -2.52. The Hall–Kier alpha value is -4.50. The zero-order valence-corrected chi connectivity index (χ0v) is 23.5. The minimum absolute atomic E-state index is 0.289. The molecule has 0 unspecified atom stereocenters. The number of ether oxygens (including phenoxy) is 2. The summed E-state index contributed by atoms with van der Waals surface area (Å²) >= 11 is 0. The van der Waals surface area contributed by atoms with Gasteiger partial charge in [0.05, 0.1) is 44.1 Å². The van der Waals surface area contributed by atoms with E-state index >= 15 is 0 Å². The highest BCUT2D eigenvalue weighted by Gasteiger charge is 2.40. The number of amidine groups is 1. The first-order valence-corrected chi connectivity index (χ1v) is 14.0. The predicted octanol–water partition coefficient (Wildman–Crippen LogP) is 6.62. The molecule has 4 aromatic rings. The van der Waals surface area contributed by atoms with Crippen LogP contribution in [-0.4, -0.2) is 46.6 Å². The van der Waals surface area contributed by atoms with Gasteiger partial charge in [0.15, 0.2) is 11.9 Å². The maximum absolute atomic E-state index is 14.2. The molecular formula is C33H32F2N4O3. The van der Waals surface area contributed by atoms with E-state index in [4.69, 9.17) is 14.3 Å². The van der Waals surface area contributed by atoms with Crippen molar-refractivity contribution in [2.24, 2.45) is 5.16 Å². The lowest BCUT2D eigenvalue weighted by atomic mass is 9.94. The summed E-state index contributed by atoms with van der Waals surface area (Å²) in [6.07, 6.45) is 6.79. The molecule has 1 fully saturated rings. The SMILES string of the molecule is COc1cc(/C=C2\CCCN3C2=NO[C@@H](c2cc(F)cc(F)c2)[C@H]3COCc2ccccc2)ccc1-n1cnc(C)c1. The summed E-state index contributed by atoms with van der Waals surface area (Å²) < 4.78 is 42.2. The van der Waals surface area contributed by atoms with Crippen LogP contribution in [0, 0.1) is 18.6 Å². The zero-order valence-electron chi connectivity index (χ0n) is 23.5. The number of nitrogens with zero attached hydrogens (tertiary/aromatic N) is 4. The van der Waals surface area contributed by atoms with Gasteiger partial charge in [-0.1, -0.05) is 41.6 Å². The van der Waals surface area contributed by atoms with Gasteiger partial charge in [-0.05, 0) is 66.8 Å². The average molecular weight is 571 g/mol. The van der Waals surface area contributed by atoms with Crippen molar-refractivity contribution in [3.05, 3.63) is 119 Å². The number of fused-ring (bicyclic) bond motifs is 1. The zero-order chi connectivity index (χ0) is 29.1. The predicted molar refractivity (Wildman–Crippen MR) is 156 cm³/mol. The van der Waals surface area contributed by atoms with Crippen LogP contribution >= 0.6 is 0 Å². The molecule has 9 heteroatoms. The summed E-state index contributed by atoms with van der Waals surface area (Å²) in [5.41, 5.74) is 5.20. The van der Waals surface area contributed by atoms with Crippen molar-refractivity contribution in [3.63, 3.8) is 0 Å². The van der Waals surface area contributed by atoms with Gasteiger partial charge in [0.1, 0.15) is 17.4 Å². The largest absolute Gasteiger partial charge is 0.495 e. The second-order valence-corrected chi connectivity index (χ2v) is 10.5. The molecule has 3 aromatic carbocycles. The molecule has 7 nitrogen and oxygen atoms in total. The Bertz CT molecular complexity index is 1600. The minimum Gasteiger partial charge on any atom is -0.495 e. The van der Waals surface area contributed by atoms with Gasteiger partial charge in [-0.25, -0.2) is 13.8 Å². The summed E-state index contributed by atoms with van der Waals surface area (Å²) in [5.74, 6) is 0.109. The Kier molecular flexibility index (Phi) is 8.01. The van der Waals surface area contributed by atoms with Crippen molar-refractivity contribution < 1.29 is 23.1 Å². The van der Waals surface area contributed by atoms with Crippen LogP contribution in [-0.2, 0) is 16.2 Å².